The summed E-state index contributed by atoms with van der Waals surface area (Å²) in [7, 11) is 1.74. The molecule has 0 fully saturated rings. The molecule has 2 N–H and O–H groups in total. The van der Waals surface area contributed by atoms with Crippen molar-refractivity contribution in [3.63, 3.8) is 0 Å². The van der Waals surface area contributed by atoms with Gasteiger partial charge in [0, 0.05) is 17.3 Å². The van der Waals surface area contributed by atoms with E-state index in [2.05, 4.69) is 10.3 Å². The topological polar surface area (TPSA) is 79.3 Å². The molecule has 1 atom stereocenters. The molecule has 0 bridgehead atoms. The number of pyridine rings is 1. The maximum atomic E-state index is 12.8. The van der Waals surface area contributed by atoms with Gasteiger partial charge in [-0.2, -0.15) is 0 Å². The Labute approximate surface area is 169 Å². The van der Waals surface area contributed by atoms with Crippen molar-refractivity contribution in [2.45, 2.75) is 12.5 Å². The van der Waals surface area contributed by atoms with Crippen molar-refractivity contribution in [1.29, 1.82) is 0 Å². The first-order valence-corrected chi connectivity index (χ1v) is 9.29. The van der Waals surface area contributed by atoms with E-state index in [1.807, 2.05) is 18.2 Å². The van der Waals surface area contributed by atoms with E-state index in [9.17, 15) is 14.7 Å². The zero-order valence-electron chi connectivity index (χ0n) is 16.1. The van der Waals surface area contributed by atoms with Crippen molar-refractivity contribution < 1.29 is 14.7 Å². The molecule has 29 heavy (non-hydrogen) atoms. The first-order valence-electron chi connectivity index (χ1n) is 9.29. The van der Waals surface area contributed by atoms with Crippen LogP contribution in [0.5, 0.6) is 5.75 Å². The van der Waals surface area contributed by atoms with E-state index in [1.54, 1.807) is 67.9 Å². The summed E-state index contributed by atoms with van der Waals surface area (Å²) in [6.45, 7) is 0. The number of likely N-dealkylation sites (N-methyl/N-ethyl adjacent to an activating group) is 1. The van der Waals surface area contributed by atoms with Crippen LogP contribution < -0.4 is 5.32 Å². The normalized spacial score (nSPS) is 12.0. The fraction of sp³-hybridized carbons (Fsp3) is 0.125. The van der Waals surface area contributed by atoms with Gasteiger partial charge < -0.3 is 10.4 Å². The second-order valence-corrected chi connectivity index (χ2v) is 6.61. The van der Waals surface area contributed by atoms with Crippen molar-refractivity contribution >= 4 is 17.6 Å². The van der Waals surface area contributed by atoms with Gasteiger partial charge in [0.25, 0.3) is 0 Å². The quantitative estimate of drug-likeness (QED) is 0.456. The number of allylic oxidation sites excluding steroid dienone is 1. The number of aromatic hydroxyl groups is 1. The van der Waals surface area contributed by atoms with Gasteiger partial charge in [-0.25, -0.2) is 0 Å². The number of nitrogens with one attached hydrogen (secondary N) is 1. The van der Waals surface area contributed by atoms with Crippen LogP contribution >= 0.6 is 0 Å². The van der Waals surface area contributed by atoms with Crippen molar-refractivity contribution in [1.82, 2.24) is 10.3 Å². The number of hydrogen-bond donors (Lipinski definition) is 2. The van der Waals surface area contributed by atoms with E-state index in [0.717, 1.165) is 5.56 Å². The monoisotopic (exact) mass is 386 g/mol. The predicted octanol–water partition coefficient (Wildman–Crippen LogP) is 3.70. The zero-order valence-corrected chi connectivity index (χ0v) is 16.1. The number of ketones is 2. The average molecular weight is 386 g/mol. The number of rotatable bonds is 8. The summed E-state index contributed by atoms with van der Waals surface area (Å²) in [5, 5.41) is 12.4. The third-order valence-electron chi connectivity index (χ3n) is 4.59. The number of carbonyl (C=O) groups excluding carboxylic acids is 2. The minimum atomic E-state index is -0.398. The molecular formula is C24H22N2O3. The summed E-state index contributed by atoms with van der Waals surface area (Å²) < 4.78 is 0. The third kappa shape index (κ3) is 5.46. The second-order valence-electron chi connectivity index (χ2n) is 6.61. The number of hydrogen-bond acceptors (Lipinski definition) is 5. The van der Waals surface area contributed by atoms with Gasteiger partial charge in [0.1, 0.15) is 5.75 Å². The standard InChI is InChI=1S/C24H22N2O3/c1-25-22(16-17-5-12-21(27)13-6-17)24(29)19-9-7-18(8-10-19)23(28)14-11-20-4-2-3-15-26-20/h2-15,22,25,27H,16H2,1H3/b14-11+/t22-/m0/s1. The van der Waals surface area contributed by atoms with Crippen LogP contribution in [-0.4, -0.2) is 34.7 Å². The highest BCUT2D eigenvalue weighted by atomic mass is 16.3. The number of benzene rings is 2. The van der Waals surface area contributed by atoms with Crippen LogP contribution in [0.4, 0.5) is 0 Å². The van der Waals surface area contributed by atoms with Crippen LogP contribution in [0, 0.1) is 0 Å². The van der Waals surface area contributed by atoms with Gasteiger partial charge in [0.2, 0.25) is 0 Å². The lowest BCUT2D eigenvalue weighted by Crippen LogP contribution is -2.36. The Hall–Kier alpha value is -3.57. The summed E-state index contributed by atoms with van der Waals surface area (Å²) in [6, 6.07) is 18.5. The molecule has 2 aromatic carbocycles. The average Bonchev–Trinajstić information content (AvgIpc) is 2.77. The van der Waals surface area contributed by atoms with Gasteiger partial charge in [-0.15, -0.1) is 0 Å². The number of phenolic OH excluding ortho intramolecular Hbond substituents is 1. The Balaban J connectivity index is 1.67. The van der Waals surface area contributed by atoms with E-state index in [-0.39, 0.29) is 17.3 Å². The summed E-state index contributed by atoms with van der Waals surface area (Å²) in [5.74, 6) is -0.00838. The fourth-order valence-electron chi connectivity index (χ4n) is 2.93. The first-order chi connectivity index (χ1) is 14.1. The maximum Gasteiger partial charge on any atom is 0.185 e. The van der Waals surface area contributed by atoms with Crippen molar-refractivity contribution in [2.75, 3.05) is 7.05 Å². The van der Waals surface area contributed by atoms with Crippen molar-refractivity contribution in [2.24, 2.45) is 0 Å². The van der Waals surface area contributed by atoms with Gasteiger partial charge in [-0.1, -0.05) is 42.5 Å². The van der Waals surface area contributed by atoms with E-state index in [4.69, 9.17) is 0 Å². The highest BCUT2D eigenvalue weighted by Crippen LogP contribution is 2.14. The molecule has 1 heterocycles. The minimum Gasteiger partial charge on any atom is -0.508 e. The molecule has 0 aliphatic carbocycles. The minimum absolute atomic E-state index is 0.0522. The molecule has 0 saturated carbocycles. The van der Waals surface area contributed by atoms with Crippen LogP contribution in [0.3, 0.4) is 0 Å². The SMILES string of the molecule is CN[C@@H](Cc1ccc(O)cc1)C(=O)c1ccc(C(=O)/C=C/c2ccccn2)cc1. The van der Waals surface area contributed by atoms with Crippen molar-refractivity contribution in [3.8, 4) is 5.75 Å². The molecule has 0 unspecified atom stereocenters. The molecule has 0 amide bonds. The van der Waals surface area contributed by atoms with Crippen LogP contribution in [0.1, 0.15) is 32.0 Å². The van der Waals surface area contributed by atoms with E-state index >= 15 is 0 Å². The van der Waals surface area contributed by atoms with E-state index in [0.29, 0.717) is 23.2 Å². The number of phenols is 1. The smallest absolute Gasteiger partial charge is 0.185 e. The molecule has 3 rings (SSSR count). The molecule has 3 aromatic rings. The summed E-state index contributed by atoms with van der Waals surface area (Å²) in [4.78, 5) is 29.3. The third-order valence-corrected chi connectivity index (χ3v) is 4.59. The molecule has 146 valence electrons. The number of nitrogens with zero attached hydrogens (tertiary/aromatic N) is 1. The molecule has 0 aliphatic heterocycles. The Kier molecular flexibility index (Phi) is 6.66. The summed E-state index contributed by atoms with van der Waals surface area (Å²) in [6.07, 6.45) is 5.31. The summed E-state index contributed by atoms with van der Waals surface area (Å²) >= 11 is 0. The molecule has 5 nitrogen and oxygen atoms in total. The number of Topliss-reactive ketones (excluding diaryl/α,β-unsaturated/α-hetero) is 1. The molecule has 0 spiro atoms. The van der Waals surface area contributed by atoms with Crippen LogP contribution in [0.25, 0.3) is 6.08 Å². The predicted molar refractivity (Wildman–Crippen MR) is 113 cm³/mol. The Morgan fingerprint density at radius 1 is 1.00 bits per heavy atom. The Morgan fingerprint density at radius 3 is 2.31 bits per heavy atom. The second kappa shape index (κ2) is 9.57. The number of carbonyl (C=O) groups is 2. The molecular weight excluding hydrogens is 364 g/mol. The van der Waals surface area contributed by atoms with E-state index in [1.165, 1.54) is 6.08 Å². The van der Waals surface area contributed by atoms with Gasteiger partial charge in [-0.05, 0) is 55.4 Å². The largest absolute Gasteiger partial charge is 0.508 e. The van der Waals surface area contributed by atoms with Gasteiger partial charge in [0.15, 0.2) is 11.6 Å². The Bertz CT molecular complexity index is 995. The zero-order chi connectivity index (χ0) is 20.6. The van der Waals surface area contributed by atoms with Gasteiger partial charge in [0.05, 0.1) is 11.7 Å². The van der Waals surface area contributed by atoms with E-state index < -0.39 is 6.04 Å². The Morgan fingerprint density at radius 2 is 1.69 bits per heavy atom. The van der Waals surface area contributed by atoms with Crippen molar-refractivity contribution in [3.05, 3.63) is 101 Å². The van der Waals surface area contributed by atoms with Crippen LogP contribution in [-0.2, 0) is 6.42 Å². The van der Waals surface area contributed by atoms with Gasteiger partial charge >= 0.3 is 0 Å². The molecule has 0 saturated heterocycles. The molecule has 1 aromatic heterocycles. The number of aromatic nitrogens is 1. The molecule has 0 radical (unpaired) electrons. The highest BCUT2D eigenvalue weighted by Gasteiger charge is 2.19. The lowest BCUT2D eigenvalue weighted by molar-refractivity contribution is 0.0945. The summed E-state index contributed by atoms with van der Waals surface area (Å²) in [5.41, 5.74) is 2.70. The fourth-order valence-corrected chi connectivity index (χ4v) is 2.93. The first kappa shape index (κ1) is 20.2. The molecule has 5 heteroatoms. The van der Waals surface area contributed by atoms with Gasteiger partial charge in [-0.3, -0.25) is 14.6 Å². The lowest BCUT2D eigenvalue weighted by Gasteiger charge is -2.15. The van der Waals surface area contributed by atoms with Crippen LogP contribution in [0.15, 0.2) is 79.0 Å². The maximum absolute atomic E-state index is 12.8. The van der Waals surface area contributed by atoms with Crippen LogP contribution in [0.2, 0.25) is 0 Å². The highest BCUT2D eigenvalue weighted by molar-refractivity contribution is 6.07. The lowest BCUT2D eigenvalue weighted by atomic mass is 9.96. The molecule has 0 aliphatic rings.